The molecule has 1 unspecified atom stereocenters. The fourth-order valence-corrected chi connectivity index (χ4v) is 6.56. The summed E-state index contributed by atoms with van der Waals surface area (Å²) in [5, 5.41) is 27.8. The summed E-state index contributed by atoms with van der Waals surface area (Å²) in [6.07, 6.45) is 15.9. The zero-order valence-corrected chi connectivity index (χ0v) is 29.7. The van der Waals surface area contributed by atoms with Crippen molar-refractivity contribution in [1.29, 1.82) is 0 Å². The van der Waals surface area contributed by atoms with Gasteiger partial charge >= 0.3 is 0 Å². The van der Waals surface area contributed by atoms with Crippen LogP contribution in [0.4, 0.5) is 0 Å². The first kappa shape index (κ1) is 40.8. The second-order valence-corrected chi connectivity index (χ2v) is 13.3. The summed E-state index contributed by atoms with van der Waals surface area (Å²) in [5.41, 5.74) is 0.901. The predicted molar refractivity (Wildman–Crippen MR) is 191 cm³/mol. The molecule has 266 valence electrons. The molecule has 0 bridgehead atoms. The van der Waals surface area contributed by atoms with Crippen molar-refractivity contribution in [2.45, 2.75) is 116 Å². The van der Waals surface area contributed by atoms with Crippen molar-refractivity contribution in [2.24, 2.45) is 17.8 Å². The molecular formula is C39H60N4O5. The Bertz CT molecular complexity index is 1180. The number of nitrogens with zero attached hydrogens (tertiary/aromatic N) is 2. The van der Waals surface area contributed by atoms with E-state index in [2.05, 4.69) is 41.2 Å². The number of hydrogen-bond donors (Lipinski definition) is 4. The molecule has 1 aromatic rings. The van der Waals surface area contributed by atoms with Crippen LogP contribution in [0.15, 0.2) is 30.3 Å². The van der Waals surface area contributed by atoms with E-state index in [-0.39, 0.29) is 18.7 Å². The van der Waals surface area contributed by atoms with Crippen LogP contribution in [-0.4, -0.2) is 95.3 Å². The van der Waals surface area contributed by atoms with E-state index in [1.54, 1.807) is 11.9 Å². The van der Waals surface area contributed by atoms with Crippen LogP contribution in [0.5, 0.6) is 0 Å². The van der Waals surface area contributed by atoms with Gasteiger partial charge in [-0.15, -0.1) is 24.7 Å². The Morgan fingerprint density at radius 3 is 2.21 bits per heavy atom. The lowest BCUT2D eigenvalue weighted by Crippen LogP contribution is -2.57. The van der Waals surface area contributed by atoms with Gasteiger partial charge in [0.2, 0.25) is 17.7 Å². The van der Waals surface area contributed by atoms with Gasteiger partial charge in [0.05, 0.1) is 18.1 Å². The van der Waals surface area contributed by atoms with Crippen LogP contribution in [0.3, 0.4) is 0 Å². The van der Waals surface area contributed by atoms with Crippen LogP contribution in [0.2, 0.25) is 0 Å². The molecule has 3 amide bonds. The lowest BCUT2D eigenvalue weighted by atomic mass is 9.82. The normalized spacial score (nSPS) is 17.2. The van der Waals surface area contributed by atoms with Gasteiger partial charge in [0, 0.05) is 38.9 Å². The van der Waals surface area contributed by atoms with E-state index in [4.69, 9.17) is 12.8 Å². The van der Waals surface area contributed by atoms with Crippen LogP contribution < -0.4 is 10.6 Å². The number of benzene rings is 1. The smallest absolute Gasteiger partial charge is 0.244 e. The van der Waals surface area contributed by atoms with E-state index in [9.17, 15) is 24.6 Å². The summed E-state index contributed by atoms with van der Waals surface area (Å²) >= 11 is 0. The molecule has 0 spiro atoms. The molecule has 1 fully saturated rings. The molecule has 0 saturated heterocycles. The van der Waals surface area contributed by atoms with Crippen molar-refractivity contribution in [1.82, 2.24) is 20.4 Å². The Kier molecular flexibility index (Phi) is 19.0. The quantitative estimate of drug-likeness (QED) is 0.149. The maximum Gasteiger partial charge on any atom is 0.244 e. The molecule has 1 saturated carbocycles. The van der Waals surface area contributed by atoms with Gasteiger partial charge in [0.25, 0.3) is 0 Å². The summed E-state index contributed by atoms with van der Waals surface area (Å²) in [6, 6.07) is 7.66. The number of terminal acetylenes is 2. The molecule has 0 aliphatic heterocycles. The highest BCUT2D eigenvalue weighted by Crippen LogP contribution is 2.29. The van der Waals surface area contributed by atoms with Crippen LogP contribution in [-0.2, 0) is 20.8 Å². The minimum absolute atomic E-state index is 0.0267. The van der Waals surface area contributed by atoms with Crippen molar-refractivity contribution in [3.8, 4) is 24.7 Å². The van der Waals surface area contributed by atoms with E-state index in [0.717, 1.165) is 57.3 Å². The summed E-state index contributed by atoms with van der Waals surface area (Å²) < 4.78 is 0. The minimum Gasteiger partial charge on any atom is -0.390 e. The molecular weight excluding hydrogens is 604 g/mol. The molecule has 4 N–H and O–H groups in total. The standard InChI is InChI=1S/C39H60N4O5/c1-7-12-23-34(44)37(46)33(27-30-21-17-14-18-22-30)40-39(48)36(31(8-2)9-3)41-38(47)32(26-29-19-15-13-16-20-29)28-35(45)42(6)24-25-43(10-4)11-5/h1-2,13,15-16,19-20,30-34,36-37,44,46H,9-12,14,17-18,21-28H2,3-6H3,(H,40,48)(H,41,47)/t31?,32-,33+,34+,36+,37-/m1/s1. The van der Waals surface area contributed by atoms with Gasteiger partial charge in [0.1, 0.15) is 12.1 Å². The van der Waals surface area contributed by atoms with Crippen molar-refractivity contribution < 1.29 is 24.6 Å². The monoisotopic (exact) mass is 664 g/mol. The van der Waals surface area contributed by atoms with E-state index in [1.807, 2.05) is 37.3 Å². The lowest BCUT2D eigenvalue weighted by molar-refractivity contribution is -0.137. The first-order chi connectivity index (χ1) is 23.1. The second-order valence-electron chi connectivity index (χ2n) is 13.3. The third-order valence-electron chi connectivity index (χ3n) is 9.86. The molecule has 0 aromatic heterocycles. The fraction of sp³-hybridized carbons (Fsp3) is 0.667. The van der Waals surface area contributed by atoms with Gasteiger partial charge < -0.3 is 30.6 Å². The number of carbonyl (C=O) groups is 3. The highest BCUT2D eigenvalue weighted by molar-refractivity contribution is 5.91. The average Bonchev–Trinajstić information content (AvgIpc) is 3.10. The Balaban J connectivity index is 2.31. The number of nitrogens with one attached hydrogen (secondary N) is 2. The number of aliphatic hydroxyl groups excluding tert-OH is 2. The molecule has 1 aromatic carbocycles. The molecule has 1 aliphatic rings. The summed E-state index contributed by atoms with van der Waals surface area (Å²) in [7, 11) is 1.75. The molecule has 2 rings (SSSR count). The SMILES string of the molecule is C#CCC[C@H](O)[C@H](O)[C@H](CC1CCCCC1)NC(=O)[C@@H](NC(=O)[C@@H](CC(=O)N(C)CCN(CC)CC)Cc1ccccc1)C(C#C)CC. The first-order valence-electron chi connectivity index (χ1n) is 17.9. The van der Waals surface area contributed by atoms with E-state index >= 15 is 0 Å². The van der Waals surface area contributed by atoms with Gasteiger partial charge in [0.15, 0.2) is 0 Å². The molecule has 1 aliphatic carbocycles. The Labute approximate surface area is 289 Å². The summed E-state index contributed by atoms with van der Waals surface area (Å²) in [5.74, 6) is 2.99. The first-order valence-corrected chi connectivity index (χ1v) is 17.9. The van der Waals surface area contributed by atoms with Crippen LogP contribution in [0.1, 0.15) is 90.5 Å². The number of carbonyl (C=O) groups excluding carboxylic acids is 3. The Morgan fingerprint density at radius 2 is 1.62 bits per heavy atom. The van der Waals surface area contributed by atoms with Gasteiger partial charge in [-0.1, -0.05) is 83.2 Å². The predicted octanol–water partition coefficient (Wildman–Crippen LogP) is 3.77. The highest BCUT2D eigenvalue weighted by atomic mass is 16.3. The van der Waals surface area contributed by atoms with E-state index in [0.29, 0.717) is 38.1 Å². The Morgan fingerprint density at radius 1 is 0.958 bits per heavy atom. The summed E-state index contributed by atoms with van der Waals surface area (Å²) in [6.45, 7) is 9.06. The molecule has 9 heteroatoms. The number of hydrogen-bond acceptors (Lipinski definition) is 6. The summed E-state index contributed by atoms with van der Waals surface area (Å²) in [4.78, 5) is 45.4. The maximum atomic E-state index is 14.0. The van der Waals surface area contributed by atoms with Crippen LogP contribution >= 0.6 is 0 Å². The third kappa shape index (κ3) is 13.6. The molecule has 9 nitrogen and oxygen atoms in total. The van der Waals surface area contributed by atoms with Gasteiger partial charge in [-0.3, -0.25) is 14.4 Å². The van der Waals surface area contributed by atoms with Gasteiger partial charge in [-0.25, -0.2) is 0 Å². The lowest BCUT2D eigenvalue weighted by Gasteiger charge is -2.34. The van der Waals surface area contributed by atoms with E-state index in [1.165, 1.54) is 0 Å². The van der Waals surface area contributed by atoms with Crippen LogP contribution in [0.25, 0.3) is 0 Å². The number of amides is 3. The number of aliphatic hydroxyl groups is 2. The number of likely N-dealkylation sites (N-methyl/N-ethyl adjacent to an activating group) is 2. The Hall–Kier alpha value is -3.37. The molecule has 0 heterocycles. The van der Waals surface area contributed by atoms with Crippen molar-refractivity contribution in [2.75, 3.05) is 33.2 Å². The number of rotatable bonds is 21. The third-order valence-corrected chi connectivity index (χ3v) is 9.86. The highest BCUT2D eigenvalue weighted by Gasteiger charge is 2.36. The van der Waals surface area contributed by atoms with Crippen LogP contribution in [0, 0.1) is 42.4 Å². The molecule has 48 heavy (non-hydrogen) atoms. The zero-order valence-electron chi connectivity index (χ0n) is 29.7. The minimum atomic E-state index is -1.23. The zero-order chi connectivity index (χ0) is 35.5. The maximum absolute atomic E-state index is 14.0. The topological polar surface area (TPSA) is 122 Å². The van der Waals surface area contributed by atoms with Crippen molar-refractivity contribution >= 4 is 17.7 Å². The fourth-order valence-electron chi connectivity index (χ4n) is 6.56. The largest absolute Gasteiger partial charge is 0.390 e. The van der Waals surface area contributed by atoms with Gasteiger partial charge in [-0.05, 0) is 50.3 Å². The second kappa shape index (κ2) is 22.3. The van der Waals surface area contributed by atoms with Crippen molar-refractivity contribution in [3.05, 3.63) is 35.9 Å². The van der Waals surface area contributed by atoms with E-state index < -0.39 is 47.9 Å². The van der Waals surface area contributed by atoms with Gasteiger partial charge in [-0.2, -0.15) is 0 Å². The average molecular weight is 665 g/mol. The molecule has 0 radical (unpaired) electrons. The van der Waals surface area contributed by atoms with Crippen molar-refractivity contribution in [3.63, 3.8) is 0 Å². The molecule has 6 atom stereocenters.